The minimum Gasteiger partial charge on any atom is -0.0232 e. The number of rotatable bonds is 0. The van der Waals surface area contributed by atoms with Gasteiger partial charge in [-0.3, -0.25) is 0 Å². The molecule has 0 saturated carbocycles. The lowest BCUT2D eigenvalue weighted by Crippen LogP contribution is -1.31. The van der Waals surface area contributed by atoms with Crippen LogP contribution in [0.1, 0.15) is 0 Å². The molecule has 0 atom stereocenters. The molecule has 0 aliphatic carbocycles. The van der Waals surface area contributed by atoms with Gasteiger partial charge in [0.2, 0.25) is 0 Å². The quantitative estimate of drug-likeness (QED) is 0.466. The Bertz CT molecular complexity index is 278. The van der Waals surface area contributed by atoms with E-state index in [1.165, 1.54) is 0 Å². The first-order chi connectivity index (χ1) is 4.97. The van der Waals surface area contributed by atoms with Gasteiger partial charge in [0.1, 0.15) is 0 Å². The lowest BCUT2D eigenvalue weighted by atomic mass is 11.1. The molecule has 0 unspecified atom stereocenters. The van der Waals surface area contributed by atoms with Gasteiger partial charge in [0.25, 0.3) is 0 Å². The maximum atomic E-state index is 1.73. The van der Waals surface area contributed by atoms with Crippen molar-refractivity contribution in [3.8, 4) is 0 Å². The summed E-state index contributed by atoms with van der Waals surface area (Å²) in [7, 11) is 12.8. The van der Waals surface area contributed by atoms with Crippen LogP contribution in [-0.4, -0.2) is 0 Å². The average Bonchev–Trinajstić information content (AvgIpc) is 2.05. The van der Waals surface area contributed by atoms with Crippen LogP contribution >= 0.6 is 61.7 Å². The molecule has 0 radical (unpaired) electrons. The van der Waals surface area contributed by atoms with E-state index < -0.39 is 0 Å². The van der Waals surface area contributed by atoms with Crippen LogP contribution in [0, 0.1) is 0 Å². The van der Waals surface area contributed by atoms with Gasteiger partial charge in [0.05, 0.1) is 9.70 Å². The fourth-order valence-corrected chi connectivity index (χ4v) is 23.4. The highest BCUT2D eigenvalue weighted by Gasteiger charge is 1.90. The van der Waals surface area contributed by atoms with Crippen LogP contribution in [0.25, 0.3) is 9.70 Å². The van der Waals surface area contributed by atoms with Gasteiger partial charge in [0.15, 0.2) is 0 Å². The van der Waals surface area contributed by atoms with Crippen molar-refractivity contribution < 1.29 is 0 Å². The highest BCUT2D eigenvalue weighted by molar-refractivity contribution is 8.38. The van der Waals surface area contributed by atoms with Crippen molar-refractivity contribution in [3.05, 3.63) is 0 Å². The van der Waals surface area contributed by atoms with E-state index >= 15 is 0 Å². The lowest BCUT2D eigenvalue weighted by molar-refractivity contribution is 3.15. The van der Waals surface area contributed by atoms with E-state index in [1.807, 2.05) is 0 Å². The summed E-state index contributed by atoms with van der Waals surface area (Å²) in [5, 5.41) is 0. The molecule has 2 aromatic heterocycles. The van der Waals surface area contributed by atoms with Gasteiger partial charge >= 0.3 is 0 Å². The lowest BCUT2D eigenvalue weighted by Gasteiger charge is -1.87. The Labute approximate surface area is 71.4 Å². The molecular formula is C2P8. The second-order valence-electron chi connectivity index (χ2n) is 1.40. The molecule has 8 heteroatoms. The van der Waals surface area contributed by atoms with Gasteiger partial charge < -0.3 is 0 Å². The molecule has 0 bridgehead atoms. The van der Waals surface area contributed by atoms with Crippen molar-refractivity contribution in [1.82, 2.24) is 0 Å². The molecule has 0 amide bonds. The van der Waals surface area contributed by atoms with Gasteiger partial charge in [-0.2, -0.15) is 0 Å². The molecule has 0 spiro atoms. The fourth-order valence-electron chi connectivity index (χ4n) is 0.468. The van der Waals surface area contributed by atoms with E-state index in [1.54, 1.807) is 71.4 Å². The van der Waals surface area contributed by atoms with Crippen LogP contribution in [0.2, 0.25) is 0 Å². The molecule has 0 saturated heterocycles. The number of hydrogen-bond acceptors (Lipinski definition) is 0. The molecule has 0 aliphatic rings. The highest BCUT2D eigenvalue weighted by Crippen LogP contribution is 2.56. The molecule has 2 heterocycles. The van der Waals surface area contributed by atoms with Gasteiger partial charge in [-0.15, -0.1) is 0 Å². The third-order valence-corrected chi connectivity index (χ3v) is 19.7. The molecular weight excluding hydrogens is 272 g/mol. The standard InChI is InChI=1S/C2P8/c3-1-2(5-9-7-3)6-10-8-4-1. The first kappa shape index (κ1) is 8.73. The van der Waals surface area contributed by atoms with Crippen LogP contribution < -0.4 is 0 Å². The van der Waals surface area contributed by atoms with E-state index in [0.717, 1.165) is 0 Å². The Morgan fingerprint density at radius 3 is 1.10 bits per heavy atom. The van der Waals surface area contributed by atoms with Crippen LogP contribution in [-0.2, 0) is 0 Å². The van der Waals surface area contributed by atoms with E-state index in [4.69, 9.17) is 0 Å². The maximum Gasteiger partial charge on any atom is 0.0560 e. The van der Waals surface area contributed by atoms with E-state index in [9.17, 15) is 0 Å². The zero-order valence-corrected chi connectivity index (χ0v) is 11.7. The molecule has 2 rings (SSSR count). The minimum absolute atomic E-state index is 1.59. The highest BCUT2D eigenvalue weighted by atomic mass is 32.3. The average molecular weight is 272 g/mol. The van der Waals surface area contributed by atoms with Gasteiger partial charge in [-0.05, 0) is 61.7 Å². The van der Waals surface area contributed by atoms with Gasteiger partial charge in [-0.1, -0.05) is 0 Å². The summed E-state index contributed by atoms with van der Waals surface area (Å²) in [5.74, 6) is 0. The van der Waals surface area contributed by atoms with Crippen molar-refractivity contribution in [2.75, 3.05) is 0 Å². The SMILES string of the molecule is p1ppc2ppppc2p1. The molecule has 0 N–H and O–H groups in total. The number of fused-ring (bicyclic) bond motifs is 1. The van der Waals surface area contributed by atoms with Crippen LogP contribution in [0.3, 0.4) is 0 Å². The largest absolute Gasteiger partial charge is 0.0560 e. The first-order valence-corrected chi connectivity index (χ1v) is 13.7. The zero-order valence-electron chi connectivity index (χ0n) is 4.58. The molecule has 0 aliphatic heterocycles. The first-order valence-electron chi connectivity index (χ1n) is 2.34. The Morgan fingerprint density at radius 1 is 0.500 bits per heavy atom. The Kier molecular flexibility index (Phi) is 3.84. The van der Waals surface area contributed by atoms with Crippen molar-refractivity contribution in [1.29, 1.82) is 0 Å². The predicted octanol–water partition coefficient (Wildman–Crippen LogP) is 7.48. The van der Waals surface area contributed by atoms with Crippen LogP contribution in [0.15, 0.2) is 0 Å². The fraction of sp³-hybridized carbons (Fsp3) is 0. The summed E-state index contributed by atoms with van der Waals surface area (Å²) in [4.78, 5) is 3.45. The van der Waals surface area contributed by atoms with Crippen molar-refractivity contribution in [3.63, 3.8) is 0 Å². The van der Waals surface area contributed by atoms with E-state index in [-0.39, 0.29) is 0 Å². The summed E-state index contributed by atoms with van der Waals surface area (Å²) in [5.41, 5.74) is 0. The smallest absolute Gasteiger partial charge is 0.0232 e. The summed E-state index contributed by atoms with van der Waals surface area (Å²) < 4.78 is 0. The monoisotopic (exact) mass is 272 g/mol. The number of hydrogen-bond donors (Lipinski definition) is 0. The third kappa shape index (κ3) is 2.09. The molecule has 48 valence electrons. The van der Waals surface area contributed by atoms with Gasteiger partial charge in [-0.25, -0.2) is 0 Å². The predicted molar refractivity (Wildman–Crippen MR) is 64.1 cm³/mol. The van der Waals surface area contributed by atoms with E-state index in [2.05, 4.69) is 0 Å². The van der Waals surface area contributed by atoms with Crippen molar-refractivity contribution >= 4 is 71.4 Å². The third-order valence-electron chi connectivity index (χ3n) is 0.838. The Hall–Kier alpha value is 2.14. The Morgan fingerprint density at radius 2 is 0.800 bits per heavy atom. The topological polar surface area (TPSA) is 0 Å². The minimum atomic E-state index is 1.59. The second-order valence-corrected chi connectivity index (χ2v) is 16.4. The summed E-state index contributed by atoms with van der Waals surface area (Å²) >= 11 is 0. The summed E-state index contributed by atoms with van der Waals surface area (Å²) in [6.45, 7) is 0. The molecule has 10 heavy (non-hydrogen) atoms. The van der Waals surface area contributed by atoms with Crippen LogP contribution in [0.5, 0.6) is 0 Å². The maximum absolute atomic E-state index is 1.73. The molecule has 2 aromatic rings. The molecule has 0 nitrogen and oxygen atoms in total. The normalized spacial score (nSPS) is 16.4. The van der Waals surface area contributed by atoms with Crippen molar-refractivity contribution in [2.24, 2.45) is 0 Å². The van der Waals surface area contributed by atoms with E-state index in [0.29, 0.717) is 0 Å². The summed E-state index contributed by atoms with van der Waals surface area (Å²) in [6, 6.07) is 0. The zero-order chi connectivity index (χ0) is 6.81. The van der Waals surface area contributed by atoms with Crippen molar-refractivity contribution in [2.45, 2.75) is 0 Å². The second kappa shape index (κ2) is 4.40. The molecule has 0 aromatic carbocycles. The summed E-state index contributed by atoms with van der Waals surface area (Å²) in [6.07, 6.45) is 0. The van der Waals surface area contributed by atoms with Crippen LogP contribution in [0.4, 0.5) is 0 Å². The molecule has 0 fully saturated rings. The van der Waals surface area contributed by atoms with Gasteiger partial charge in [0, 0.05) is 0 Å². The Balaban J connectivity index is 2.89.